The summed E-state index contributed by atoms with van der Waals surface area (Å²) in [4.78, 5) is 0. The molecule has 0 saturated heterocycles. The van der Waals surface area contributed by atoms with Crippen LogP contribution in [0.2, 0.25) is 0 Å². The monoisotopic (exact) mass is 156 g/mol. The van der Waals surface area contributed by atoms with E-state index in [-0.39, 0.29) is 18.1 Å². The van der Waals surface area contributed by atoms with Crippen molar-refractivity contribution in [1.82, 2.24) is 0 Å². The highest BCUT2D eigenvalue weighted by atomic mass is 16.3. The molecule has 2 N–H and O–H groups in total. The van der Waals surface area contributed by atoms with Crippen LogP contribution in [0, 0.1) is 5.92 Å². The Morgan fingerprint density at radius 1 is 1.18 bits per heavy atom. The molecule has 0 saturated carbocycles. The van der Waals surface area contributed by atoms with Gasteiger partial charge in [0.25, 0.3) is 0 Å². The van der Waals surface area contributed by atoms with Crippen molar-refractivity contribution in [1.29, 1.82) is 0 Å². The molecule has 0 bridgehead atoms. The lowest BCUT2D eigenvalue weighted by Gasteiger charge is -2.30. The Labute approximate surface area is 67.6 Å². The SMILES string of the molecule is CC1=C(C)C(O)C(C)CC1O. The fraction of sp³-hybridized carbons (Fsp3) is 0.778. The quantitative estimate of drug-likeness (QED) is 0.515. The number of rotatable bonds is 0. The van der Waals surface area contributed by atoms with E-state index < -0.39 is 0 Å². The molecule has 0 amide bonds. The first-order valence-electron chi connectivity index (χ1n) is 4.07. The van der Waals surface area contributed by atoms with Crippen molar-refractivity contribution in [2.45, 2.75) is 39.4 Å². The van der Waals surface area contributed by atoms with Crippen LogP contribution in [-0.4, -0.2) is 22.4 Å². The maximum absolute atomic E-state index is 9.57. The van der Waals surface area contributed by atoms with Gasteiger partial charge in [-0.2, -0.15) is 0 Å². The molecule has 2 nitrogen and oxygen atoms in total. The summed E-state index contributed by atoms with van der Waals surface area (Å²) in [6, 6.07) is 0. The van der Waals surface area contributed by atoms with E-state index in [1.54, 1.807) is 0 Å². The Hall–Kier alpha value is -0.340. The van der Waals surface area contributed by atoms with Crippen molar-refractivity contribution in [3.05, 3.63) is 11.1 Å². The van der Waals surface area contributed by atoms with Gasteiger partial charge in [0.1, 0.15) is 0 Å². The average Bonchev–Trinajstić information content (AvgIpc) is 1.97. The van der Waals surface area contributed by atoms with Crippen molar-refractivity contribution in [3.63, 3.8) is 0 Å². The molecule has 0 aromatic rings. The fourth-order valence-corrected chi connectivity index (χ4v) is 1.58. The van der Waals surface area contributed by atoms with Gasteiger partial charge in [-0.15, -0.1) is 0 Å². The van der Waals surface area contributed by atoms with Gasteiger partial charge in [0.2, 0.25) is 0 Å². The van der Waals surface area contributed by atoms with Crippen LogP contribution < -0.4 is 0 Å². The Morgan fingerprint density at radius 3 is 2.27 bits per heavy atom. The largest absolute Gasteiger partial charge is 0.389 e. The van der Waals surface area contributed by atoms with E-state index in [1.165, 1.54) is 0 Å². The zero-order valence-electron chi connectivity index (χ0n) is 7.33. The van der Waals surface area contributed by atoms with Gasteiger partial charge in [-0.05, 0) is 37.3 Å². The van der Waals surface area contributed by atoms with Gasteiger partial charge in [-0.3, -0.25) is 0 Å². The summed E-state index contributed by atoms with van der Waals surface area (Å²) in [5.41, 5.74) is 1.88. The summed E-state index contributed by atoms with van der Waals surface area (Å²) < 4.78 is 0. The summed E-state index contributed by atoms with van der Waals surface area (Å²) in [5, 5.41) is 19.0. The van der Waals surface area contributed by atoms with Crippen LogP contribution in [0.25, 0.3) is 0 Å². The third kappa shape index (κ3) is 1.47. The summed E-state index contributed by atoms with van der Waals surface area (Å²) in [6.07, 6.45) is -0.00329. The molecule has 0 heterocycles. The lowest BCUT2D eigenvalue weighted by molar-refractivity contribution is 0.0830. The molecule has 1 aliphatic carbocycles. The van der Waals surface area contributed by atoms with Gasteiger partial charge in [-0.25, -0.2) is 0 Å². The van der Waals surface area contributed by atoms with Gasteiger partial charge in [-0.1, -0.05) is 6.92 Å². The molecule has 11 heavy (non-hydrogen) atoms. The van der Waals surface area contributed by atoms with E-state index in [1.807, 2.05) is 20.8 Å². The summed E-state index contributed by atoms with van der Waals surface area (Å²) in [7, 11) is 0. The Balaban J connectivity index is 2.89. The zero-order chi connectivity index (χ0) is 8.59. The molecule has 0 fully saturated rings. The highest BCUT2D eigenvalue weighted by Crippen LogP contribution is 2.29. The average molecular weight is 156 g/mol. The molecule has 0 aliphatic heterocycles. The van der Waals surface area contributed by atoms with E-state index in [0.29, 0.717) is 6.42 Å². The van der Waals surface area contributed by atoms with Crippen LogP contribution in [0.1, 0.15) is 27.2 Å². The van der Waals surface area contributed by atoms with Crippen molar-refractivity contribution in [2.75, 3.05) is 0 Å². The summed E-state index contributed by atoms with van der Waals surface area (Å²) in [5.74, 6) is 0.189. The van der Waals surface area contributed by atoms with Crippen molar-refractivity contribution in [3.8, 4) is 0 Å². The third-order valence-electron chi connectivity index (χ3n) is 2.70. The first-order valence-corrected chi connectivity index (χ1v) is 4.07. The van der Waals surface area contributed by atoms with Gasteiger partial charge >= 0.3 is 0 Å². The minimum absolute atomic E-state index is 0.189. The molecule has 64 valence electrons. The van der Waals surface area contributed by atoms with Gasteiger partial charge in [0, 0.05) is 0 Å². The summed E-state index contributed by atoms with van der Waals surface area (Å²) in [6.45, 7) is 5.73. The van der Waals surface area contributed by atoms with Crippen LogP contribution in [0.4, 0.5) is 0 Å². The molecule has 0 aromatic carbocycles. The highest BCUT2D eigenvalue weighted by Gasteiger charge is 2.27. The first-order chi connectivity index (χ1) is 5.04. The van der Waals surface area contributed by atoms with Gasteiger partial charge in [0.15, 0.2) is 0 Å². The van der Waals surface area contributed by atoms with E-state index >= 15 is 0 Å². The molecule has 0 radical (unpaired) electrons. The normalized spacial score (nSPS) is 39.5. The van der Waals surface area contributed by atoms with E-state index in [2.05, 4.69) is 0 Å². The number of hydrogen-bond donors (Lipinski definition) is 2. The predicted molar refractivity (Wildman–Crippen MR) is 44.2 cm³/mol. The number of aliphatic hydroxyl groups is 2. The predicted octanol–water partition coefficient (Wildman–Crippen LogP) is 1.08. The Morgan fingerprint density at radius 2 is 1.73 bits per heavy atom. The second-order valence-corrected chi connectivity index (χ2v) is 3.54. The number of aliphatic hydroxyl groups excluding tert-OH is 2. The highest BCUT2D eigenvalue weighted by molar-refractivity contribution is 5.22. The molecule has 1 aliphatic rings. The first kappa shape index (κ1) is 8.75. The number of hydrogen-bond acceptors (Lipinski definition) is 2. The molecular formula is C9H16O2. The van der Waals surface area contributed by atoms with Gasteiger partial charge < -0.3 is 10.2 Å². The molecule has 0 spiro atoms. The second kappa shape index (κ2) is 2.95. The molecule has 3 unspecified atom stereocenters. The fourth-order valence-electron chi connectivity index (χ4n) is 1.58. The molecule has 2 heteroatoms. The van der Waals surface area contributed by atoms with Crippen LogP contribution >= 0.6 is 0 Å². The Bertz CT molecular complexity index is 184. The minimum Gasteiger partial charge on any atom is -0.389 e. The zero-order valence-corrected chi connectivity index (χ0v) is 7.33. The van der Waals surface area contributed by atoms with Crippen molar-refractivity contribution >= 4 is 0 Å². The third-order valence-corrected chi connectivity index (χ3v) is 2.70. The molecule has 0 aromatic heterocycles. The van der Waals surface area contributed by atoms with Crippen molar-refractivity contribution < 1.29 is 10.2 Å². The smallest absolute Gasteiger partial charge is 0.0777 e. The maximum Gasteiger partial charge on any atom is 0.0777 e. The minimum atomic E-state index is -0.349. The molecular weight excluding hydrogens is 140 g/mol. The van der Waals surface area contributed by atoms with E-state index in [4.69, 9.17) is 0 Å². The molecule has 3 atom stereocenters. The lowest BCUT2D eigenvalue weighted by atomic mass is 9.82. The van der Waals surface area contributed by atoms with E-state index in [9.17, 15) is 10.2 Å². The van der Waals surface area contributed by atoms with Crippen LogP contribution in [0.3, 0.4) is 0 Å². The Kier molecular flexibility index (Phi) is 2.35. The van der Waals surface area contributed by atoms with Gasteiger partial charge in [0.05, 0.1) is 12.2 Å². The van der Waals surface area contributed by atoms with Crippen LogP contribution in [-0.2, 0) is 0 Å². The van der Waals surface area contributed by atoms with E-state index in [0.717, 1.165) is 11.1 Å². The van der Waals surface area contributed by atoms with Crippen LogP contribution in [0.5, 0.6) is 0 Å². The topological polar surface area (TPSA) is 40.5 Å². The van der Waals surface area contributed by atoms with Crippen molar-refractivity contribution in [2.24, 2.45) is 5.92 Å². The maximum atomic E-state index is 9.57. The standard InChI is InChI=1S/C9H16O2/c1-5-4-8(10)6(2)7(3)9(5)11/h5,8-11H,4H2,1-3H3. The van der Waals surface area contributed by atoms with Crippen LogP contribution in [0.15, 0.2) is 11.1 Å². The second-order valence-electron chi connectivity index (χ2n) is 3.54. The summed E-state index contributed by atoms with van der Waals surface area (Å²) >= 11 is 0. The lowest BCUT2D eigenvalue weighted by Crippen LogP contribution is -2.31. The molecule has 1 rings (SSSR count).